The number of hydrogen-bond acceptors (Lipinski definition) is 3. The zero-order valence-electron chi connectivity index (χ0n) is 10.3. The van der Waals surface area contributed by atoms with E-state index < -0.39 is 0 Å². The molecule has 1 fully saturated rings. The average Bonchev–Trinajstić information content (AvgIpc) is 3.10. The van der Waals surface area contributed by atoms with Crippen molar-refractivity contribution in [3.05, 3.63) is 46.2 Å². The molecular weight excluding hydrogens is 311 g/mol. The van der Waals surface area contributed by atoms with Crippen LogP contribution in [0.1, 0.15) is 24.2 Å². The Morgan fingerprint density at radius 1 is 1.42 bits per heavy atom. The van der Waals surface area contributed by atoms with Gasteiger partial charge in [-0.05, 0) is 25.0 Å². The van der Waals surface area contributed by atoms with Gasteiger partial charge in [-0.25, -0.2) is 14.1 Å². The van der Waals surface area contributed by atoms with Crippen molar-refractivity contribution in [1.29, 1.82) is 0 Å². The number of halogens is 2. The number of rotatable bonds is 5. The van der Waals surface area contributed by atoms with Crippen molar-refractivity contribution in [2.24, 2.45) is 0 Å². The van der Waals surface area contributed by atoms with Crippen LogP contribution in [0.2, 0.25) is 0 Å². The summed E-state index contributed by atoms with van der Waals surface area (Å²) in [6.45, 7) is 1.08. The monoisotopic (exact) mass is 324 g/mol. The van der Waals surface area contributed by atoms with E-state index in [-0.39, 0.29) is 5.82 Å². The summed E-state index contributed by atoms with van der Waals surface area (Å²) in [6, 6.07) is 5.67. The molecule has 100 valence electrons. The van der Waals surface area contributed by atoms with E-state index in [0.717, 1.165) is 10.3 Å². The van der Waals surface area contributed by atoms with Crippen LogP contribution in [0.15, 0.2) is 29.0 Å². The Morgan fingerprint density at radius 2 is 2.26 bits per heavy atom. The Morgan fingerprint density at radius 3 is 3.00 bits per heavy atom. The number of hydrogen-bond donors (Lipinski definition) is 1. The fourth-order valence-electron chi connectivity index (χ4n) is 1.84. The molecule has 1 aliphatic carbocycles. The summed E-state index contributed by atoms with van der Waals surface area (Å²) in [4.78, 5) is 4.22. The molecule has 3 rings (SSSR count). The summed E-state index contributed by atoms with van der Waals surface area (Å²) in [7, 11) is 0. The lowest BCUT2D eigenvalue weighted by molar-refractivity contribution is 0.578. The molecule has 0 saturated heterocycles. The summed E-state index contributed by atoms with van der Waals surface area (Å²) in [5, 5.41) is 7.68. The molecule has 6 heteroatoms. The highest BCUT2D eigenvalue weighted by Gasteiger charge is 2.20. The van der Waals surface area contributed by atoms with Gasteiger partial charge in [0.15, 0.2) is 5.82 Å². The topological polar surface area (TPSA) is 42.7 Å². The Kier molecular flexibility index (Phi) is 3.61. The highest BCUT2D eigenvalue weighted by Crippen LogP contribution is 2.19. The van der Waals surface area contributed by atoms with Crippen LogP contribution in [0, 0.1) is 5.82 Å². The minimum atomic E-state index is -0.234. The molecule has 1 aliphatic rings. The maximum atomic E-state index is 13.7. The zero-order chi connectivity index (χ0) is 13.2. The van der Waals surface area contributed by atoms with Crippen molar-refractivity contribution in [1.82, 2.24) is 20.1 Å². The molecule has 0 spiro atoms. The van der Waals surface area contributed by atoms with E-state index in [0.29, 0.717) is 24.7 Å². The lowest BCUT2D eigenvalue weighted by atomic mass is 10.2. The first-order valence-electron chi connectivity index (χ1n) is 6.26. The number of benzene rings is 1. The summed E-state index contributed by atoms with van der Waals surface area (Å²) >= 11 is 3.24. The van der Waals surface area contributed by atoms with Crippen molar-refractivity contribution < 1.29 is 4.39 Å². The predicted molar refractivity (Wildman–Crippen MR) is 73.1 cm³/mol. The first kappa shape index (κ1) is 12.7. The molecule has 0 aliphatic heterocycles. The molecule has 1 heterocycles. The van der Waals surface area contributed by atoms with Crippen LogP contribution < -0.4 is 5.32 Å². The van der Waals surface area contributed by atoms with Crippen molar-refractivity contribution in [3.63, 3.8) is 0 Å². The largest absolute Gasteiger partial charge is 0.307 e. The second kappa shape index (κ2) is 5.38. The normalized spacial score (nSPS) is 14.8. The van der Waals surface area contributed by atoms with Crippen LogP contribution in [-0.2, 0) is 13.1 Å². The predicted octanol–water partition coefficient (Wildman–Crippen LogP) is 2.48. The van der Waals surface area contributed by atoms with E-state index in [1.165, 1.54) is 18.9 Å². The second-order valence-electron chi connectivity index (χ2n) is 4.75. The van der Waals surface area contributed by atoms with Crippen LogP contribution in [0.5, 0.6) is 0 Å². The number of nitrogens with zero attached hydrogens (tertiary/aromatic N) is 3. The van der Waals surface area contributed by atoms with E-state index >= 15 is 0 Å². The highest BCUT2D eigenvalue weighted by atomic mass is 79.9. The minimum absolute atomic E-state index is 0.234. The first-order valence-corrected chi connectivity index (χ1v) is 7.05. The third-order valence-electron chi connectivity index (χ3n) is 3.06. The van der Waals surface area contributed by atoms with Crippen LogP contribution in [0.3, 0.4) is 0 Å². The van der Waals surface area contributed by atoms with Gasteiger partial charge < -0.3 is 5.32 Å². The summed E-state index contributed by atoms with van der Waals surface area (Å²) in [5.41, 5.74) is 0.606. The molecule has 1 aromatic heterocycles. The van der Waals surface area contributed by atoms with E-state index in [1.807, 2.05) is 6.07 Å². The van der Waals surface area contributed by atoms with Gasteiger partial charge in [0, 0.05) is 16.1 Å². The third-order valence-corrected chi connectivity index (χ3v) is 3.55. The van der Waals surface area contributed by atoms with E-state index in [1.54, 1.807) is 17.1 Å². The van der Waals surface area contributed by atoms with E-state index in [9.17, 15) is 4.39 Å². The minimum Gasteiger partial charge on any atom is -0.307 e. The Balaban J connectivity index is 1.65. The summed E-state index contributed by atoms with van der Waals surface area (Å²) < 4.78 is 16.1. The van der Waals surface area contributed by atoms with Crippen LogP contribution in [0.4, 0.5) is 4.39 Å². The number of nitrogens with one attached hydrogen (secondary N) is 1. The van der Waals surface area contributed by atoms with Gasteiger partial charge in [-0.3, -0.25) is 0 Å². The molecule has 19 heavy (non-hydrogen) atoms. The van der Waals surface area contributed by atoms with Gasteiger partial charge in [-0.1, -0.05) is 22.0 Å². The van der Waals surface area contributed by atoms with Gasteiger partial charge in [0.2, 0.25) is 0 Å². The van der Waals surface area contributed by atoms with Crippen molar-refractivity contribution in [3.8, 4) is 0 Å². The van der Waals surface area contributed by atoms with Gasteiger partial charge in [-0.15, -0.1) is 0 Å². The summed E-state index contributed by atoms with van der Waals surface area (Å²) in [5.74, 6) is 0.520. The molecule has 1 saturated carbocycles. The summed E-state index contributed by atoms with van der Waals surface area (Å²) in [6.07, 6.45) is 4.13. The van der Waals surface area contributed by atoms with E-state index in [4.69, 9.17) is 0 Å². The smallest absolute Gasteiger partial charge is 0.164 e. The molecular formula is C13H14BrFN4. The average molecular weight is 325 g/mol. The molecule has 0 bridgehead atoms. The second-order valence-corrected chi connectivity index (χ2v) is 5.66. The molecule has 1 N–H and O–H groups in total. The SMILES string of the molecule is Fc1cc(Br)ccc1Cn1cnc(CNC2CC2)n1. The Bertz CT molecular complexity index is 580. The van der Waals surface area contributed by atoms with Crippen molar-refractivity contribution in [2.45, 2.75) is 32.0 Å². The molecule has 4 nitrogen and oxygen atoms in total. The zero-order valence-corrected chi connectivity index (χ0v) is 11.9. The maximum absolute atomic E-state index is 13.7. The molecule has 0 radical (unpaired) electrons. The molecule has 0 unspecified atom stereocenters. The third kappa shape index (κ3) is 3.39. The van der Waals surface area contributed by atoms with Gasteiger partial charge in [-0.2, -0.15) is 5.10 Å². The number of aromatic nitrogens is 3. The maximum Gasteiger partial charge on any atom is 0.164 e. The van der Waals surface area contributed by atoms with Crippen LogP contribution >= 0.6 is 15.9 Å². The standard InChI is InChI=1S/C13H14BrFN4/c14-10-2-1-9(12(15)5-10)7-19-8-17-13(18-19)6-16-11-3-4-11/h1-2,5,8,11,16H,3-4,6-7H2. The molecule has 0 amide bonds. The van der Waals surface area contributed by atoms with Gasteiger partial charge in [0.1, 0.15) is 12.1 Å². The fraction of sp³-hybridized carbons (Fsp3) is 0.385. The van der Waals surface area contributed by atoms with Gasteiger partial charge >= 0.3 is 0 Å². The first-order chi connectivity index (χ1) is 9.20. The molecule has 0 atom stereocenters. The lowest BCUT2D eigenvalue weighted by Gasteiger charge is -2.03. The molecule has 1 aromatic carbocycles. The van der Waals surface area contributed by atoms with Crippen LogP contribution in [0.25, 0.3) is 0 Å². The van der Waals surface area contributed by atoms with Gasteiger partial charge in [0.25, 0.3) is 0 Å². The Hall–Kier alpha value is -1.27. The lowest BCUT2D eigenvalue weighted by Crippen LogP contribution is -2.16. The quantitative estimate of drug-likeness (QED) is 0.918. The fourth-order valence-corrected chi connectivity index (χ4v) is 2.17. The van der Waals surface area contributed by atoms with Gasteiger partial charge in [0.05, 0.1) is 13.1 Å². The Labute approximate surface area is 119 Å². The van der Waals surface area contributed by atoms with Crippen LogP contribution in [-0.4, -0.2) is 20.8 Å². The van der Waals surface area contributed by atoms with E-state index in [2.05, 4.69) is 31.3 Å². The molecule has 2 aromatic rings. The highest BCUT2D eigenvalue weighted by molar-refractivity contribution is 9.10. The van der Waals surface area contributed by atoms with Crippen molar-refractivity contribution in [2.75, 3.05) is 0 Å². The van der Waals surface area contributed by atoms with Crippen molar-refractivity contribution >= 4 is 15.9 Å².